The van der Waals surface area contributed by atoms with Crippen molar-refractivity contribution in [3.8, 4) is 22.0 Å². The molecule has 0 aliphatic heterocycles. The summed E-state index contributed by atoms with van der Waals surface area (Å²) in [5.41, 5.74) is 4.38. The molecule has 166 valence electrons. The number of carbonyl (C=O) groups is 1. The van der Waals surface area contributed by atoms with Crippen LogP contribution in [0.3, 0.4) is 0 Å². The van der Waals surface area contributed by atoms with Crippen molar-refractivity contribution < 1.29 is 9.32 Å². The third-order valence-electron chi connectivity index (χ3n) is 5.32. The molecule has 5 aromatic rings. The van der Waals surface area contributed by atoms with E-state index in [0.717, 1.165) is 27.1 Å². The molecule has 0 saturated carbocycles. The SMILES string of the molecule is Cc1noc(-c2ccc(NC(=O)c3cc(-c4cccs4)nc4c3cnn4C(C)C)c(C)c2)n1. The first-order chi connectivity index (χ1) is 15.9. The van der Waals surface area contributed by atoms with Crippen molar-refractivity contribution in [2.24, 2.45) is 0 Å². The van der Waals surface area contributed by atoms with E-state index >= 15 is 0 Å². The van der Waals surface area contributed by atoms with E-state index in [1.54, 1.807) is 24.5 Å². The van der Waals surface area contributed by atoms with Crippen molar-refractivity contribution in [3.05, 3.63) is 64.9 Å². The normalized spacial score (nSPS) is 11.4. The molecular formula is C24H22N6O2S. The molecule has 0 saturated heterocycles. The lowest BCUT2D eigenvalue weighted by Crippen LogP contribution is -2.14. The van der Waals surface area contributed by atoms with Gasteiger partial charge in [-0.25, -0.2) is 9.67 Å². The molecule has 9 heteroatoms. The highest BCUT2D eigenvalue weighted by Gasteiger charge is 2.20. The van der Waals surface area contributed by atoms with Crippen molar-refractivity contribution in [3.63, 3.8) is 0 Å². The zero-order chi connectivity index (χ0) is 23.1. The Morgan fingerprint density at radius 3 is 2.67 bits per heavy atom. The summed E-state index contributed by atoms with van der Waals surface area (Å²) in [6, 6.07) is 11.5. The minimum absolute atomic E-state index is 0.118. The molecule has 1 aromatic carbocycles. The number of thiophene rings is 1. The number of anilines is 1. The van der Waals surface area contributed by atoms with E-state index in [0.29, 0.717) is 28.6 Å². The molecule has 0 fully saturated rings. The molecule has 0 aliphatic carbocycles. The summed E-state index contributed by atoms with van der Waals surface area (Å²) in [7, 11) is 0. The Labute approximate surface area is 194 Å². The van der Waals surface area contributed by atoms with Crippen LogP contribution in [0.25, 0.3) is 33.1 Å². The molecule has 0 aliphatic rings. The van der Waals surface area contributed by atoms with Gasteiger partial charge in [0.1, 0.15) is 0 Å². The zero-order valence-electron chi connectivity index (χ0n) is 18.7. The fourth-order valence-electron chi connectivity index (χ4n) is 3.68. The van der Waals surface area contributed by atoms with Gasteiger partial charge in [-0.1, -0.05) is 11.2 Å². The van der Waals surface area contributed by atoms with Crippen molar-refractivity contribution in [1.82, 2.24) is 24.9 Å². The third-order valence-corrected chi connectivity index (χ3v) is 6.22. The average molecular weight is 459 g/mol. The van der Waals surface area contributed by atoms with Gasteiger partial charge in [0, 0.05) is 17.3 Å². The van der Waals surface area contributed by atoms with Gasteiger partial charge < -0.3 is 9.84 Å². The summed E-state index contributed by atoms with van der Waals surface area (Å²) in [5.74, 6) is 0.809. The van der Waals surface area contributed by atoms with Crippen molar-refractivity contribution in [2.45, 2.75) is 33.7 Å². The van der Waals surface area contributed by atoms with Crippen molar-refractivity contribution >= 4 is 34.0 Å². The number of nitrogens with one attached hydrogen (secondary N) is 1. The Morgan fingerprint density at radius 1 is 1.15 bits per heavy atom. The fourth-order valence-corrected chi connectivity index (χ4v) is 4.36. The van der Waals surface area contributed by atoms with Gasteiger partial charge in [0.15, 0.2) is 11.5 Å². The number of pyridine rings is 1. The molecule has 1 N–H and O–H groups in total. The summed E-state index contributed by atoms with van der Waals surface area (Å²) in [6.45, 7) is 7.79. The highest BCUT2D eigenvalue weighted by molar-refractivity contribution is 7.13. The Balaban J connectivity index is 1.53. The van der Waals surface area contributed by atoms with E-state index in [1.807, 2.05) is 67.2 Å². The topological polar surface area (TPSA) is 98.7 Å². The molecule has 8 nitrogen and oxygen atoms in total. The maximum absolute atomic E-state index is 13.4. The number of carbonyl (C=O) groups excluding carboxylic acids is 1. The molecule has 33 heavy (non-hydrogen) atoms. The second kappa shape index (κ2) is 8.25. The predicted octanol–water partition coefficient (Wildman–Crippen LogP) is 5.66. The van der Waals surface area contributed by atoms with E-state index in [2.05, 4.69) is 20.6 Å². The molecule has 0 unspecified atom stereocenters. The van der Waals surface area contributed by atoms with Gasteiger partial charge in [0.05, 0.1) is 27.7 Å². The van der Waals surface area contributed by atoms with Crippen LogP contribution in [0.4, 0.5) is 5.69 Å². The lowest BCUT2D eigenvalue weighted by Gasteiger charge is -2.12. The van der Waals surface area contributed by atoms with Crippen molar-refractivity contribution in [2.75, 3.05) is 5.32 Å². The Kier molecular flexibility index (Phi) is 5.26. The van der Waals surface area contributed by atoms with Gasteiger partial charge in [-0.15, -0.1) is 11.3 Å². The second-order valence-electron chi connectivity index (χ2n) is 8.08. The van der Waals surface area contributed by atoms with Crippen LogP contribution < -0.4 is 5.32 Å². The number of hydrogen-bond acceptors (Lipinski definition) is 7. The number of amides is 1. The van der Waals surface area contributed by atoms with Crippen LogP contribution in [0.1, 0.15) is 41.6 Å². The van der Waals surface area contributed by atoms with Crippen molar-refractivity contribution in [1.29, 1.82) is 0 Å². The highest BCUT2D eigenvalue weighted by Crippen LogP contribution is 2.30. The fraction of sp³-hybridized carbons (Fsp3) is 0.208. The first-order valence-corrected chi connectivity index (χ1v) is 11.4. The number of fused-ring (bicyclic) bond motifs is 1. The lowest BCUT2D eigenvalue weighted by molar-refractivity contribution is 0.102. The quantitative estimate of drug-likeness (QED) is 0.365. The molecule has 0 bridgehead atoms. The predicted molar refractivity (Wildman–Crippen MR) is 128 cm³/mol. The standard InChI is InChI=1S/C24H22N6O2S/c1-13(2)30-22-18(12-25-30)17(11-20(27-22)21-6-5-9-33-21)23(31)28-19-8-7-16(10-14(19)3)24-26-15(4)29-32-24/h5-13H,1-4H3,(H,28,31). The molecule has 5 rings (SSSR count). The number of hydrogen-bond donors (Lipinski definition) is 1. The van der Waals surface area contributed by atoms with E-state index in [9.17, 15) is 4.79 Å². The monoisotopic (exact) mass is 458 g/mol. The molecule has 4 aromatic heterocycles. The zero-order valence-corrected chi connectivity index (χ0v) is 19.5. The molecular weight excluding hydrogens is 436 g/mol. The van der Waals surface area contributed by atoms with Gasteiger partial charge in [-0.05, 0) is 69.0 Å². The number of aryl methyl sites for hydroxylation is 2. The summed E-state index contributed by atoms with van der Waals surface area (Å²) >= 11 is 1.59. The minimum atomic E-state index is -0.215. The maximum Gasteiger partial charge on any atom is 0.257 e. The van der Waals surface area contributed by atoms with Gasteiger partial charge in [-0.2, -0.15) is 10.1 Å². The molecule has 0 radical (unpaired) electrons. The van der Waals surface area contributed by atoms with E-state index in [1.165, 1.54) is 0 Å². The number of rotatable bonds is 5. The Morgan fingerprint density at radius 2 is 2.00 bits per heavy atom. The summed E-state index contributed by atoms with van der Waals surface area (Å²) in [5, 5.41) is 14.1. The first-order valence-electron chi connectivity index (χ1n) is 10.6. The highest BCUT2D eigenvalue weighted by atomic mass is 32.1. The molecule has 4 heterocycles. The number of aromatic nitrogens is 5. The third kappa shape index (κ3) is 3.91. The van der Waals surface area contributed by atoms with E-state index < -0.39 is 0 Å². The van der Waals surface area contributed by atoms with Crippen LogP contribution in [0.15, 0.2) is 52.5 Å². The largest absolute Gasteiger partial charge is 0.334 e. The Hall–Kier alpha value is -3.85. The van der Waals surface area contributed by atoms with Crippen LogP contribution in [-0.4, -0.2) is 30.8 Å². The minimum Gasteiger partial charge on any atom is -0.334 e. The van der Waals surface area contributed by atoms with Crippen LogP contribution in [0, 0.1) is 13.8 Å². The summed E-state index contributed by atoms with van der Waals surface area (Å²) in [6.07, 6.45) is 1.71. The average Bonchev–Trinajstić information content (AvgIpc) is 3.54. The van der Waals surface area contributed by atoms with Gasteiger partial charge in [-0.3, -0.25) is 4.79 Å². The molecule has 1 amide bonds. The summed E-state index contributed by atoms with van der Waals surface area (Å²) in [4.78, 5) is 23.5. The molecule has 0 spiro atoms. The smallest absolute Gasteiger partial charge is 0.257 e. The van der Waals surface area contributed by atoms with Gasteiger partial charge in [0.2, 0.25) is 0 Å². The van der Waals surface area contributed by atoms with E-state index in [-0.39, 0.29) is 11.9 Å². The first kappa shape index (κ1) is 21.0. The molecule has 0 atom stereocenters. The van der Waals surface area contributed by atoms with Crippen LogP contribution in [0.5, 0.6) is 0 Å². The Bertz CT molecular complexity index is 1470. The van der Waals surface area contributed by atoms with Gasteiger partial charge >= 0.3 is 0 Å². The number of nitrogens with zero attached hydrogens (tertiary/aromatic N) is 5. The van der Waals surface area contributed by atoms with Crippen LogP contribution >= 0.6 is 11.3 Å². The second-order valence-corrected chi connectivity index (χ2v) is 9.03. The number of benzene rings is 1. The lowest BCUT2D eigenvalue weighted by atomic mass is 10.1. The summed E-state index contributed by atoms with van der Waals surface area (Å²) < 4.78 is 7.09. The van der Waals surface area contributed by atoms with Crippen LogP contribution in [-0.2, 0) is 0 Å². The maximum atomic E-state index is 13.4. The van der Waals surface area contributed by atoms with Gasteiger partial charge in [0.25, 0.3) is 11.8 Å². The van der Waals surface area contributed by atoms with Crippen LogP contribution in [0.2, 0.25) is 0 Å². The van der Waals surface area contributed by atoms with E-state index in [4.69, 9.17) is 9.51 Å².